The van der Waals surface area contributed by atoms with E-state index in [-0.39, 0.29) is 12.3 Å². The van der Waals surface area contributed by atoms with E-state index in [2.05, 4.69) is 0 Å². The first-order valence-electron chi connectivity index (χ1n) is 3.81. The molecule has 0 aliphatic rings. The minimum Gasteiger partial charge on any atom is -0.0119 e. The molecule has 0 N–H and O–H groups in total. The number of hydrogen-bond donors (Lipinski definition) is 0. The molecule has 0 saturated heterocycles. The van der Waals surface area contributed by atoms with Gasteiger partial charge in [0.1, 0.15) is 0 Å². The Balaban J connectivity index is 4.14. The molecule has 0 atom stereocenters. The molecule has 0 heterocycles. The molecule has 0 nitrogen and oxygen atoms in total. The van der Waals surface area contributed by atoms with E-state index in [1.54, 1.807) is 58.6 Å². The van der Waals surface area contributed by atoms with Crippen molar-refractivity contribution in [2.75, 3.05) is 0 Å². The summed E-state index contributed by atoms with van der Waals surface area (Å²) < 4.78 is 0. The third-order valence-corrected chi connectivity index (χ3v) is 236. The first-order valence-corrected chi connectivity index (χ1v) is 34.3. The molecular weight excluding hydrogens is 253 g/mol. The van der Waals surface area contributed by atoms with Crippen LogP contribution in [0.2, 0.25) is 0 Å². The van der Waals surface area contributed by atoms with E-state index in [9.17, 15) is 0 Å². The van der Waals surface area contributed by atoms with Gasteiger partial charge < -0.3 is 0 Å². The fourth-order valence-corrected chi connectivity index (χ4v) is 129. The van der Waals surface area contributed by atoms with Crippen LogP contribution in [-0.4, -0.2) is 79.4 Å². The first kappa shape index (κ1) is 11.0. The van der Waals surface area contributed by atoms with Crippen molar-refractivity contribution in [3.63, 3.8) is 0 Å². The Bertz CT molecular complexity index is 82.7. The van der Waals surface area contributed by atoms with Gasteiger partial charge in [0.05, 0.1) is 0 Å². The molecule has 9 heavy (non-hydrogen) atoms. The van der Waals surface area contributed by atoms with Crippen LogP contribution in [0.4, 0.5) is 0 Å². The Kier molecular flexibility index (Phi) is 4.34. The van der Waals surface area contributed by atoms with Gasteiger partial charge in [-0.2, -0.15) is 0 Å². The molecule has 0 aromatic rings. The van der Waals surface area contributed by atoms with Crippen LogP contribution in [0.3, 0.4) is 0 Å². The Morgan fingerprint density at radius 3 is 1.22 bits per heavy atom. The van der Waals surface area contributed by atoms with Crippen molar-refractivity contribution in [3.8, 4) is 0 Å². The predicted octanol–water partition coefficient (Wildman–Crippen LogP) is -8.78. The van der Waals surface area contributed by atoms with Crippen LogP contribution in [0.15, 0.2) is 0 Å². The van der Waals surface area contributed by atoms with Crippen LogP contribution < -0.4 is 0 Å². The molecule has 0 radical (unpaired) electrons. The van der Waals surface area contributed by atoms with E-state index < -0.39 is 0 Å². The average molecular weight is 273 g/mol. The minimum atomic E-state index is -0.109. The van der Waals surface area contributed by atoms with Crippen LogP contribution >= 0.6 is 0 Å². The lowest BCUT2D eigenvalue weighted by molar-refractivity contribution is 3.42. The molecule has 0 aliphatic heterocycles. The maximum Gasteiger partial charge on any atom is -0.00504 e. The van der Waals surface area contributed by atoms with Crippen LogP contribution in [-0.2, 0) is 0 Å². The van der Waals surface area contributed by atoms with Crippen molar-refractivity contribution >= 4 is 79.4 Å². The van der Waals surface area contributed by atoms with Crippen LogP contribution in [0.1, 0.15) is 0 Å². The van der Waals surface area contributed by atoms with E-state index in [1.807, 2.05) is 0 Å². The second-order valence-corrected chi connectivity index (χ2v) is 121. The van der Waals surface area contributed by atoms with Gasteiger partial charge in [-0.3, -0.25) is 0 Å². The second-order valence-electron chi connectivity index (χ2n) is 4.49. The predicted molar refractivity (Wildman–Crippen MR) is 79.7 cm³/mol. The van der Waals surface area contributed by atoms with Crippen molar-refractivity contribution in [2.24, 2.45) is 0 Å². The average Bonchev–Trinajstić information content (AvgIpc) is 1.64. The molecule has 0 unspecified atom stereocenters. The lowest BCUT2D eigenvalue weighted by Gasteiger charge is -2.34. The van der Waals surface area contributed by atoms with Gasteiger partial charge in [0.25, 0.3) is 0 Å². The third kappa shape index (κ3) is 3.23. The number of rotatable bonds is 2. The quantitative estimate of drug-likeness (QED) is 0.438. The summed E-state index contributed by atoms with van der Waals surface area (Å²) >= 11 is 0. The van der Waals surface area contributed by atoms with E-state index >= 15 is 0 Å². The molecule has 0 rings (SSSR count). The Morgan fingerprint density at radius 2 is 1.22 bits per heavy atom. The molecule has 56 valence electrons. The Labute approximate surface area is 79.0 Å². The topological polar surface area (TPSA) is 0 Å². The maximum atomic E-state index is 1.77. The summed E-state index contributed by atoms with van der Waals surface area (Å²) in [6, 6.07) is 0. The summed E-state index contributed by atoms with van der Waals surface area (Å²) in [5, 5.41) is 0. The van der Waals surface area contributed by atoms with Gasteiger partial charge in [0, 0.05) is 0 Å². The van der Waals surface area contributed by atoms with E-state index in [0.717, 1.165) is 0 Å². The van der Waals surface area contributed by atoms with Crippen molar-refractivity contribution in [1.29, 1.82) is 0 Å². The fraction of sp³-hybridized carbons (Fsp3) is 0. The third-order valence-electron chi connectivity index (χ3n) is 2.91. The normalized spacial score (nSPS) is 28.0. The summed E-state index contributed by atoms with van der Waals surface area (Å²) in [5.41, 5.74) is 0. The van der Waals surface area contributed by atoms with Gasteiger partial charge in [0.15, 0.2) is 0 Å². The van der Waals surface area contributed by atoms with Gasteiger partial charge >= 0.3 is 0 Å². The molecule has 0 spiro atoms. The molecule has 0 bridgehead atoms. The highest BCUT2D eigenvalue weighted by Gasteiger charge is 2.33. The molecule has 0 aromatic heterocycles. The zero-order valence-electron chi connectivity index (χ0n) is 7.71. The van der Waals surface area contributed by atoms with Crippen molar-refractivity contribution < 1.29 is 0 Å². The van der Waals surface area contributed by atoms with Crippen molar-refractivity contribution in [2.45, 2.75) is 0 Å². The zero-order valence-corrected chi connectivity index (χ0v) is 23.1. The Hall–Kier alpha value is 1.95. The van der Waals surface area contributed by atoms with Gasteiger partial charge in [0.2, 0.25) is 0 Å². The molecule has 9 heteroatoms. The van der Waals surface area contributed by atoms with Gasteiger partial charge in [-0.05, 0) is 79.4 Å². The van der Waals surface area contributed by atoms with Crippen LogP contribution in [0.5, 0.6) is 0 Å². The smallest absolute Gasteiger partial charge is 0.00504 e. The summed E-state index contributed by atoms with van der Waals surface area (Å²) in [6.45, 7) is 0. The van der Waals surface area contributed by atoms with E-state index in [0.29, 0.717) is 8.55 Å². The van der Waals surface area contributed by atoms with Crippen molar-refractivity contribution in [1.82, 2.24) is 0 Å². The largest absolute Gasteiger partial charge is 0.0119 e. The highest BCUT2D eigenvalue weighted by molar-refractivity contribution is 8.09. The lowest BCUT2D eigenvalue weighted by atomic mass is 25.8. The second kappa shape index (κ2) is 3.57. The zero-order chi connectivity index (χ0) is 7.71. The van der Waals surface area contributed by atoms with E-state index in [4.69, 9.17) is 0 Å². The van der Waals surface area contributed by atoms with Crippen molar-refractivity contribution in [3.05, 3.63) is 0 Å². The lowest BCUT2D eigenvalue weighted by Crippen LogP contribution is -2.71. The summed E-state index contributed by atoms with van der Waals surface area (Å²) in [4.78, 5) is 0. The van der Waals surface area contributed by atoms with Gasteiger partial charge in [-0.25, -0.2) is 0 Å². The van der Waals surface area contributed by atoms with E-state index in [1.165, 1.54) is 0 Å². The van der Waals surface area contributed by atoms with Gasteiger partial charge in [-0.1, -0.05) is 0 Å². The molecular formula is H20Si9. The standard InChI is InChI=1S/H20Si9/c1-7-9(5,6)8(2,3)4/h7H2,1-6H3. The first-order chi connectivity index (χ1) is 3.81. The molecule has 0 amide bonds. The highest BCUT2D eigenvalue weighted by Crippen LogP contribution is 1.96. The Morgan fingerprint density at radius 1 is 0.889 bits per heavy atom. The molecule has 0 aliphatic carbocycles. The monoisotopic (exact) mass is 272 g/mol. The summed E-state index contributed by atoms with van der Waals surface area (Å²) in [7, 11) is 11.2. The number of hydrogen-bond acceptors (Lipinski definition) is 0. The highest BCUT2D eigenvalue weighted by atomic mass is 30.4. The minimum absolute atomic E-state index is 0.0764. The van der Waals surface area contributed by atoms with Crippen LogP contribution in [0.25, 0.3) is 0 Å². The fourth-order valence-electron chi connectivity index (χ4n) is 0.530. The van der Waals surface area contributed by atoms with Crippen LogP contribution in [0, 0.1) is 0 Å². The summed E-state index contributed by atoms with van der Waals surface area (Å²) in [6.07, 6.45) is -0.186. The molecule has 0 fully saturated rings. The van der Waals surface area contributed by atoms with Gasteiger partial charge in [-0.15, -0.1) is 0 Å². The maximum absolute atomic E-state index is 1.77. The molecule has 0 aromatic carbocycles. The SMILES string of the molecule is [SiH3][SiH2][Si]([SiH3])([SiH3])[Si]([SiH3])([SiH3])[SiH3]. The molecule has 0 saturated carbocycles. The summed E-state index contributed by atoms with van der Waals surface area (Å²) in [5.74, 6) is 0.